The van der Waals surface area contributed by atoms with Gasteiger partial charge < -0.3 is 43.5 Å². The number of hydrogen-bond donors (Lipinski definition) is 3. The number of para-hydroxylation sites is 2. The van der Waals surface area contributed by atoms with Crippen LogP contribution in [-0.4, -0.2) is 91.2 Å². The number of phosphoric acid groups is 1. The number of ether oxygens (including phenoxy) is 4. The molecule has 436 valence electrons. The van der Waals surface area contributed by atoms with Crippen LogP contribution in [0.3, 0.4) is 0 Å². The van der Waals surface area contributed by atoms with E-state index in [1.54, 1.807) is 36.4 Å². The molecule has 0 aromatic heterocycles. The monoisotopic (exact) mass is 1100 g/mol. The fourth-order valence-electron chi connectivity index (χ4n) is 9.63. The Labute approximate surface area is 456 Å². The maximum atomic E-state index is 16.0. The van der Waals surface area contributed by atoms with Crippen molar-refractivity contribution in [1.82, 2.24) is 5.32 Å². The molecule has 0 spiro atoms. The van der Waals surface area contributed by atoms with Gasteiger partial charge in [-0.05, 0) is 49.9 Å². The molecule has 0 aliphatic carbocycles. The van der Waals surface area contributed by atoms with E-state index in [9.17, 15) is 19.8 Å². The zero-order valence-electron chi connectivity index (χ0n) is 46.9. The number of unbranched alkanes of at least 4 members (excludes halogenated alkanes) is 26. The summed E-state index contributed by atoms with van der Waals surface area (Å²) in [5, 5.41) is 23.0. The number of hydrogen-bond acceptors (Lipinski definition) is 11. The maximum absolute atomic E-state index is 16.0. The van der Waals surface area contributed by atoms with Gasteiger partial charge in [0.15, 0.2) is 6.29 Å². The van der Waals surface area contributed by atoms with Gasteiger partial charge in [0, 0.05) is 19.6 Å². The largest absolute Gasteiger partial charge is 0.588 e. The summed E-state index contributed by atoms with van der Waals surface area (Å²) in [6.45, 7) is 5.37. The molecule has 3 rings (SSSR count). The molecular weight excluding hydrogens is 996 g/mol. The minimum Gasteiger partial charge on any atom is -0.480 e. The van der Waals surface area contributed by atoms with E-state index >= 15 is 13.3 Å². The number of amides is 1. The van der Waals surface area contributed by atoms with Gasteiger partial charge in [-0.3, -0.25) is 9.32 Å². The molecule has 1 saturated heterocycles. The number of nitrogens with one attached hydrogen (secondary N) is 1. The molecule has 2 aromatic carbocycles. The molecule has 13 nitrogen and oxygen atoms in total. The number of aliphatic hydroxyl groups is 1. The first-order valence-electron chi connectivity index (χ1n) is 29.7. The van der Waals surface area contributed by atoms with Crippen molar-refractivity contribution in [3.8, 4) is 11.5 Å². The quantitative estimate of drug-likeness (QED) is 0.0424. The third-order valence-corrected chi connectivity index (χ3v) is 15.4. The second-order valence-corrected chi connectivity index (χ2v) is 22.3. The second kappa shape index (κ2) is 41.8. The molecule has 1 fully saturated rings. The van der Waals surface area contributed by atoms with Crippen molar-refractivity contribution in [3.05, 3.63) is 60.7 Å². The van der Waals surface area contributed by atoms with Crippen LogP contribution in [0.2, 0.25) is 0 Å². The predicted octanol–water partition coefficient (Wildman–Crippen LogP) is 15.9. The minimum absolute atomic E-state index is 0.0563. The summed E-state index contributed by atoms with van der Waals surface area (Å²) in [4.78, 5) is 25.8. The highest BCUT2D eigenvalue weighted by Gasteiger charge is 2.54. The van der Waals surface area contributed by atoms with E-state index in [0.717, 1.165) is 77.0 Å². The van der Waals surface area contributed by atoms with Crippen LogP contribution in [0.25, 0.3) is 0 Å². The summed E-state index contributed by atoms with van der Waals surface area (Å²) in [6, 6.07) is 14.6. The highest BCUT2D eigenvalue weighted by Crippen LogP contribution is 2.52. The van der Waals surface area contributed by atoms with E-state index in [4.69, 9.17) is 32.5 Å². The number of carboxylic acid groups (broad SMARTS) is 1. The number of carbonyl (C=O) groups is 2. The van der Waals surface area contributed by atoms with Crippen molar-refractivity contribution in [2.24, 2.45) is 0 Å². The van der Waals surface area contributed by atoms with Crippen LogP contribution in [0.15, 0.2) is 60.7 Å². The number of halogens is 2. The van der Waals surface area contributed by atoms with Crippen molar-refractivity contribution < 1.29 is 65.7 Å². The number of aliphatic hydroxyl groups excluding tert-OH is 1. The zero-order chi connectivity index (χ0) is 55.0. The van der Waals surface area contributed by atoms with Gasteiger partial charge in [0.25, 0.3) is 5.91 Å². The van der Waals surface area contributed by atoms with Crippen LogP contribution >= 0.6 is 7.82 Å². The summed E-state index contributed by atoms with van der Waals surface area (Å²) in [7, 11) is -4.81. The lowest BCUT2D eigenvalue weighted by Gasteiger charge is -2.46. The highest BCUT2D eigenvalue weighted by molar-refractivity contribution is 7.49. The van der Waals surface area contributed by atoms with Crippen LogP contribution in [0.4, 0.5) is 8.78 Å². The Bertz CT molecular complexity index is 1740. The molecule has 0 radical (unpaired) electrons. The van der Waals surface area contributed by atoms with Crippen molar-refractivity contribution in [2.75, 3.05) is 26.4 Å². The van der Waals surface area contributed by atoms with E-state index in [1.165, 1.54) is 127 Å². The van der Waals surface area contributed by atoms with Gasteiger partial charge in [-0.25, -0.2) is 9.36 Å². The molecule has 1 amide bonds. The summed E-state index contributed by atoms with van der Waals surface area (Å²) < 4.78 is 90.1. The van der Waals surface area contributed by atoms with E-state index in [2.05, 4.69) is 26.1 Å². The fourth-order valence-corrected chi connectivity index (χ4v) is 11.1. The van der Waals surface area contributed by atoms with E-state index in [1.807, 2.05) is 0 Å². The average molecular weight is 1100 g/mol. The van der Waals surface area contributed by atoms with Crippen molar-refractivity contribution in [3.63, 3.8) is 0 Å². The van der Waals surface area contributed by atoms with Gasteiger partial charge in [0.05, 0.1) is 12.7 Å². The van der Waals surface area contributed by atoms with Gasteiger partial charge >= 0.3 is 19.7 Å². The van der Waals surface area contributed by atoms with Crippen molar-refractivity contribution in [2.45, 2.75) is 269 Å². The number of rotatable bonds is 49. The number of carbonyl (C=O) groups excluding carboxylic acids is 1. The van der Waals surface area contributed by atoms with Gasteiger partial charge in [0.1, 0.15) is 42.5 Å². The van der Waals surface area contributed by atoms with Gasteiger partial charge in [-0.2, -0.15) is 8.78 Å². The normalized spacial score (nSPS) is 18.4. The molecule has 3 N–H and O–H groups in total. The average Bonchev–Trinajstić information content (AvgIpc) is 3.40. The Balaban J connectivity index is 1.90. The summed E-state index contributed by atoms with van der Waals surface area (Å²) in [5.74, 6) is -6.68. The van der Waals surface area contributed by atoms with E-state index < -0.39 is 75.9 Å². The van der Waals surface area contributed by atoms with Crippen LogP contribution < -0.4 is 14.4 Å². The SMILES string of the molecule is CCCCCCCCCCCCO[C@H](CCCCCCCCCCC)CCO[C@@H]1[C@@H](NC(=O)C(F)(F)CCCCCCCCCCCC)[C@@H](OCC(=O)O)O[C@H](CO)[C@H]1OP(=O)(Oc1ccccc1)Oc1ccccc1. The predicted molar refractivity (Wildman–Crippen MR) is 297 cm³/mol. The van der Waals surface area contributed by atoms with Crippen molar-refractivity contribution in [1.29, 1.82) is 0 Å². The smallest absolute Gasteiger partial charge is 0.480 e. The first-order valence-corrected chi connectivity index (χ1v) is 31.2. The fraction of sp³-hybridized carbons (Fsp3) is 0.767. The van der Waals surface area contributed by atoms with Gasteiger partial charge in [0.2, 0.25) is 0 Å². The van der Waals surface area contributed by atoms with Crippen LogP contribution in [0.1, 0.15) is 226 Å². The Kier molecular flexibility index (Phi) is 36.9. The standard InChI is InChI=1S/C60H100F2NO12P/c1-4-7-10-13-16-19-22-25-28-37-45-60(61,62)59(67)63-55-57(70-47-44-50(39-32-27-24-21-18-15-12-9-6-3)69-46-38-29-26-23-20-17-14-11-8-5-2)56(53(48-64)72-58(55)71-49-54(65)66)75-76(68,73-51-40-33-30-34-41-51)74-52-42-35-31-36-43-52/h30-31,33-36,40-43,50,53,55-58,64H,4-29,32,37-39,44-49H2,1-3H3,(H,63,67)(H,65,66)/t50-,53-,55-,56-,57-,58+/m1/s1. The Hall–Kier alpha value is -3.17. The Morgan fingerprint density at radius 1 is 0.605 bits per heavy atom. The highest BCUT2D eigenvalue weighted by atomic mass is 31.2. The molecule has 1 heterocycles. The molecule has 6 atom stereocenters. The third kappa shape index (κ3) is 29.7. The maximum Gasteiger partial charge on any atom is 0.588 e. The van der Waals surface area contributed by atoms with Crippen molar-refractivity contribution >= 4 is 19.7 Å². The molecule has 0 saturated carbocycles. The van der Waals surface area contributed by atoms with Crippen LogP contribution in [0, 0.1) is 0 Å². The summed E-state index contributed by atoms with van der Waals surface area (Å²) >= 11 is 0. The lowest BCUT2D eigenvalue weighted by molar-refractivity contribution is -0.274. The summed E-state index contributed by atoms with van der Waals surface area (Å²) in [6.07, 6.45) is 25.4. The second-order valence-electron chi connectivity index (χ2n) is 20.8. The van der Waals surface area contributed by atoms with Crippen LogP contribution in [-0.2, 0) is 37.6 Å². The van der Waals surface area contributed by atoms with Gasteiger partial charge in [-0.1, -0.05) is 231 Å². The first kappa shape index (κ1) is 67.1. The number of carboxylic acids is 1. The molecule has 2 aromatic rings. The number of alkyl halides is 2. The molecular formula is C60H100F2NO12P. The Morgan fingerprint density at radius 3 is 1.51 bits per heavy atom. The first-order chi connectivity index (χ1) is 36.9. The third-order valence-electron chi connectivity index (χ3n) is 14.1. The topological polar surface area (TPSA) is 168 Å². The molecule has 1 aliphatic heterocycles. The number of aliphatic carboxylic acids is 1. The van der Waals surface area contributed by atoms with E-state index in [-0.39, 0.29) is 30.6 Å². The molecule has 0 unspecified atom stereocenters. The van der Waals surface area contributed by atoms with Gasteiger partial charge in [-0.15, -0.1) is 0 Å². The number of phosphoric ester groups is 1. The number of benzene rings is 2. The zero-order valence-corrected chi connectivity index (χ0v) is 47.8. The molecule has 16 heteroatoms. The molecule has 76 heavy (non-hydrogen) atoms. The van der Waals surface area contributed by atoms with Crippen LogP contribution in [0.5, 0.6) is 11.5 Å². The summed E-state index contributed by atoms with van der Waals surface area (Å²) in [5.41, 5.74) is 0. The van der Waals surface area contributed by atoms with E-state index in [0.29, 0.717) is 19.4 Å². The Morgan fingerprint density at radius 2 is 1.05 bits per heavy atom. The minimum atomic E-state index is -4.81. The molecule has 1 aliphatic rings. The lowest BCUT2D eigenvalue weighted by Crippen LogP contribution is -2.67. The lowest BCUT2D eigenvalue weighted by atomic mass is 9.95. The molecule has 0 bridgehead atoms.